The zero-order valence-corrected chi connectivity index (χ0v) is 22.6. The van der Waals surface area contributed by atoms with Crippen LogP contribution in [0.1, 0.15) is 43.2 Å². The molecule has 0 amide bonds. The third kappa shape index (κ3) is 4.37. The lowest BCUT2D eigenvalue weighted by atomic mass is 9.91. The van der Waals surface area contributed by atoms with Crippen molar-refractivity contribution in [2.75, 3.05) is 0 Å². The van der Waals surface area contributed by atoms with Gasteiger partial charge >= 0.3 is 0 Å². The molecule has 2 aliphatic rings. The van der Waals surface area contributed by atoms with Crippen LogP contribution in [0.4, 0.5) is 0 Å². The van der Waals surface area contributed by atoms with Gasteiger partial charge < -0.3 is 5.32 Å². The summed E-state index contributed by atoms with van der Waals surface area (Å²) in [6.45, 7) is 0. The van der Waals surface area contributed by atoms with Gasteiger partial charge in [-0.3, -0.25) is 4.79 Å². The minimum absolute atomic E-state index is 0.134. The Labute approximate surface area is 226 Å². The lowest BCUT2D eigenvalue weighted by Crippen LogP contribution is -2.70. The largest absolute Gasteiger partial charge is 0.388 e. The molecule has 2 aliphatic carbocycles. The normalized spacial score (nSPS) is 17.1. The number of nitrogens with one attached hydrogen (secondary N) is 1. The average molecular weight is 512 g/mol. The maximum absolute atomic E-state index is 14.8. The van der Waals surface area contributed by atoms with Gasteiger partial charge in [-0.2, -0.15) is 0 Å². The number of fused-ring (bicyclic) bond motifs is 1. The van der Waals surface area contributed by atoms with Crippen LogP contribution in [-0.4, -0.2) is 19.9 Å². The number of allylic oxidation sites excluding steroid dienone is 2. The second kappa shape index (κ2) is 10.8. The summed E-state index contributed by atoms with van der Waals surface area (Å²) in [6.07, 6.45) is 10.4. The van der Waals surface area contributed by atoms with E-state index in [4.69, 9.17) is 0 Å². The summed E-state index contributed by atoms with van der Waals surface area (Å²) in [6, 6.07) is 40.9. The summed E-state index contributed by atoms with van der Waals surface area (Å²) < 4.78 is 0. The van der Waals surface area contributed by atoms with E-state index >= 15 is 0 Å². The Balaban J connectivity index is 1.61. The fourth-order valence-corrected chi connectivity index (χ4v) is 11.1. The average Bonchev–Trinajstić information content (AvgIpc) is 3.00. The summed E-state index contributed by atoms with van der Waals surface area (Å²) in [5, 5.41) is 8.23. The number of rotatable bonds is 6. The van der Waals surface area contributed by atoms with Crippen LogP contribution in [0.2, 0.25) is 0 Å². The fourth-order valence-electron chi connectivity index (χ4n) is 6.28. The molecule has 4 aromatic rings. The van der Waals surface area contributed by atoms with Crippen LogP contribution in [0.25, 0.3) is 11.6 Å². The van der Waals surface area contributed by atoms with E-state index in [9.17, 15) is 4.79 Å². The Hall–Kier alpha value is -3.95. The summed E-state index contributed by atoms with van der Waals surface area (Å²) in [5.41, 5.74) is 2.91. The summed E-state index contributed by atoms with van der Waals surface area (Å²) in [5.74, 6) is 0.134. The van der Waals surface area contributed by atoms with Gasteiger partial charge in [-0.15, -0.1) is 0 Å². The topological polar surface area (TPSA) is 29.1 Å². The number of carbonyl (C=O) groups is 1. The number of Topliss-reactive ketones (excluding diaryl/α,β-unsaturated/α-hetero) is 1. The quantitative estimate of drug-likeness (QED) is 0.207. The summed E-state index contributed by atoms with van der Waals surface area (Å²) >= 11 is 0. The third-order valence-corrected chi connectivity index (χ3v) is 12.9. The Morgan fingerprint density at radius 2 is 1.13 bits per heavy atom. The second-order valence-electron chi connectivity index (χ2n) is 10.4. The molecular formula is C35H33NOSi. The van der Waals surface area contributed by atoms with Crippen molar-refractivity contribution in [2.45, 2.75) is 38.1 Å². The van der Waals surface area contributed by atoms with Crippen LogP contribution >= 0.6 is 0 Å². The first-order chi connectivity index (χ1) is 18.8. The van der Waals surface area contributed by atoms with Crippen LogP contribution in [-0.2, 0) is 4.79 Å². The van der Waals surface area contributed by atoms with Gasteiger partial charge in [-0.25, -0.2) is 0 Å². The SMILES string of the molecule is O=C1C([Si](c2ccccc2)(c2ccccc2)c2ccccc2)=Cc2ccccc2/C1=C/NC1CCCCC1. The Bertz CT molecular complexity index is 1370. The van der Waals surface area contributed by atoms with Crippen LogP contribution in [0.5, 0.6) is 0 Å². The van der Waals surface area contributed by atoms with Gasteiger partial charge in [0.05, 0.1) is 0 Å². The van der Waals surface area contributed by atoms with E-state index < -0.39 is 8.07 Å². The molecule has 0 unspecified atom stereocenters. The van der Waals surface area contributed by atoms with Gasteiger partial charge in [0, 0.05) is 23.0 Å². The first-order valence-corrected chi connectivity index (χ1v) is 15.8. The molecule has 0 atom stereocenters. The zero-order chi connectivity index (χ0) is 25.8. The second-order valence-corrected chi connectivity index (χ2v) is 14.2. The van der Waals surface area contributed by atoms with Crippen LogP contribution in [0.3, 0.4) is 0 Å². The predicted octanol–water partition coefficient (Wildman–Crippen LogP) is 5.63. The molecule has 4 aromatic carbocycles. The van der Waals surface area contributed by atoms with Crippen molar-refractivity contribution in [1.82, 2.24) is 5.32 Å². The maximum atomic E-state index is 14.8. The lowest BCUT2D eigenvalue weighted by Gasteiger charge is -2.37. The molecule has 6 rings (SSSR count). The van der Waals surface area contributed by atoms with E-state index in [1.54, 1.807) is 0 Å². The molecule has 0 heterocycles. The standard InChI is InChI=1S/C35H33NOSi/c37-35-33(26-36-28-16-5-1-6-17-28)32-24-14-13-15-27(32)25-34(35)38(29-18-7-2-8-19-29,30-20-9-3-10-21-30)31-22-11-4-12-23-31/h2-4,7-15,18-26,28,36H,1,5-6,16-17H2/b33-26-. The summed E-state index contributed by atoms with van der Waals surface area (Å²) in [7, 11) is -2.92. The first-order valence-electron chi connectivity index (χ1n) is 13.8. The minimum atomic E-state index is -2.92. The van der Waals surface area contributed by atoms with Crippen LogP contribution < -0.4 is 20.9 Å². The van der Waals surface area contributed by atoms with Gasteiger partial charge in [0.2, 0.25) is 0 Å². The Morgan fingerprint density at radius 3 is 1.68 bits per heavy atom. The van der Waals surface area contributed by atoms with Crippen LogP contribution in [0.15, 0.2) is 127 Å². The van der Waals surface area contributed by atoms with E-state index in [1.807, 2.05) is 12.3 Å². The van der Waals surface area contributed by atoms with E-state index in [2.05, 4.69) is 121 Å². The van der Waals surface area contributed by atoms with E-state index in [0.29, 0.717) is 6.04 Å². The lowest BCUT2D eigenvalue weighted by molar-refractivity contribution is -0.110. The number of hydrogen-bond acceptors (Lipinski definition) is 2. The molecule has 1 fully saturated rings. The smallest absolute Gasteiger partial charge is 0.188 e. The number of hydrogen-bond donors (Lipinski definition) is 1. The molecule has 0 bridgehead atoms. The number of ketones is 1. The van der Waals surface area contributed by atoms with Gasteiger partial charge in [0.1, 0.15) is 0 Å². The molecule has 0 aromatic heterocycles. The molecule has 38 heavy (non-hydrogen) atoms. The maximum Gasteiger partial charge on any atom is 0.188 e. The highest BCUT2D eigenvalue weighted by atomic mass is 28.3. The van der Waals surface area contributed by atoms with Gasteiger partial charge in [0.25, 0.3) is 0 Å². The van der Waals surface area contributed by atoms with E-state index in [0.717, 1.165) is 21.9 Å². The Morgan fingerprint density at radius 1 is 0.632 bits per heavy atom. The van der Waals surface area contributed by atoms with Crippen molar-refractivity contribution in [3.63, 3.8) is 0 Å². The highest BCUT2D eigenvalue weighted by Crippen LogP contribution is 2.34. The first kappa shape index (κ1) is 24.4. The van der Waals surface area contributed by atoms with E-state index in [-0.39, 0.29) is 5.78 Å². The highest BCUT2D eigenvalue weighted by Gasteiger charge is 2.47. The number of carbonyl (C=O) groups excluding carboxylic acids is 1. The molecule has 0 aliphatic heterocycles. The van der Waals surface area contributed by atoms with Crippen molar-refractivity contribution in [3.05, 3.63) is 138 Å². The van der Waals surface area contributed by atoms with E-state index in [1.165, 1.54) is 47.7 Å². The van der Waals surface area contributed by atoms with Crippen LogP contribution in [0, 0.1) is 0 Å². The van der Waals surface area contributed by atoms with Crippen molar-refractivity contribution in [3.8, 4) is 0 Å². The third-order valence-electron chi connectivity index (χ3n) is 8.13. The van der Waals surface area contributed by atoms with Crippen molar-refractivity contribution in [1.29, 1.82) is 0 Å². The summed E-state index contributed by atoms with van der Waals surface area (Å²) in [4.78, 5) is 14.8. The zero-order valence-electron chi connectivity index (χ0n) is 21.6. The van der Waals surface area contributed by atoms with Gasteiger partial charge in [-0.1, -0.05) is 141 Å². The minimum Gasteiger partial charge on any atom is -0.388 e. The molecule has 3 heteroatoms. The monoisotopic (exact) mass is 511 g/mol. The Kier molecular flexibility index (Phi) is 6.93. The molecule has 2 nitrogen and oxygen atoms in total. The molecule has 0 radical (unpaired) electrons. The van der Waals surface area contributed by atoms with Gasteiger partial charge in [-0.05, 0) is 39.5 Å². The highest BCUT2D eigenvalue weighted by molar-refractivity contribution is 7.19. The predicted molar refractivity (Wildman–Crippen MR) is 161 cm³/mol. The molecule has 188 valence electrons. The molecule has 0 saturated heterocycles. The molecule has 1 N–H and O–H groups in total. The molecule has 1 saturated carbocycles. The number of benzene rings is 4. The van der Waals surface area contributed by atoms with Gasteiger partial charge in [0.15, 0.2) is 13.9 Å². The van der Waals surface area contributed by atoms with Crippen molar-refractivity contribution in [2.24, 2.45) is 0 Å². The molecular weight excluding hydrogens is 478 g/mol. The van der Waals surface area contributed by atoms with Crippen molar-refractivity contribution >= 4 is 41.1 Å². The fraction of sp³-hybridized carbons (Fsp3) is 0.171. The molecule has 0 spiro atoms. The van der Waals surface area contributed by atoms with Crippen molar-refractivity contribution < 1.29 is 4.79 Å².